The first-order valence-electron chi connectivity index (χ1n) is 6.36. The molecule has 0 unspecified atom stereocenters. The van der Waals surface area contributed by atoms with Gasteiger partial charge in [0.15, 0.2) is 0 Å². The Kier molecular flexibility index (Phi) is 5.91. The van der Waals surface area contributed by atoms with Crippen molar-refractivity contribution in [3.05, 3.63) is 18.1 Å². The fourth-order valence-corrected chi connectivity index (χ4v) is 1.48. The Hall–Kier alpha value is -1.16. The van der Waals surface area contributed by atoms with Crippen LogP contribution in [0.15, 0.2) is 12.4 Å². The van der Waals surface area contributed by atoms with E-state index in [1.807, 2.05) is 12.4 Å². The molecule has 0 bridgehead atoms. The summed E-state index contributed by atoms with van der Waals surface area (Å²) in [6.45, 7) is 9.33. The van der Waals surface area contributed by atoms with Crippen molar-refractivity contribution in [2.75, 3.05) is 25.0 Å². The minimum Gasteiger partial charge on any atom is -0.358 e. The second-order valence-corrected chi connectivity index (χ2v) is 4.75. The first kappa shape index (κ1) is 13.9. The molecule has 0 saturated heterocycles. The number of anilines is 1. The third-order valence-electron chi connectivity index (χ3n) is 2.66. The Bertz CT molecular complexity index is 325. The molecule has 4 nitrogen and oxygen atoms in total. The quantitative estimate of drug-likeness (QED) is 0.787. The predicted octanol–water partition coefficient (Wildman–Crippen LogP) is 2.07. The minimum atomic E-state index is 0.718. The topological polar surface area (TPSA) is 41.1 Å². The maximum atomic E-state index is 4.59. The van der Waals surface area contributed by atoms with E-state index in [4.69, 9.17) is 0 Å². The van der Waals surface area contributed by atoms with Crippen molar-refractivity contribution in [3.63, 3.8) is 0 Å². The van der Waals surface area contributed by atoms with Gasteiger partial charge in [0.05, 0.1) is 11.9 Å². The van der Waals surface area contributed by atoms with Gasteiger partial charge in [-0.2, -0.15) is 0 Å². The molecule has 0 spiro atoms. The van der Waals surface area contributed by atoms with Crippen LogP contribution in [0.1, 0.15) is 32.9 Å². The molecule has 0 atom stereocenters. The lowest BCUT2D eigenvalue weighted by Crippen LogP contribution is -2.22. The van der Waals surface area contributed by atoms with Gasteiger partial charge in [-0.25, -0.2) is 4.98 Å². The van der Waals surface area contributed by atoms with E-state index >= 15 is 0 Å². The molecule has 0 aliphatic carbocycles. The lowest BCUT2D eigenvalue weighted by molar-refractivity contribution is 0.582. The molecule has 0 fully saturated rings. The molecule has 4 heteroatoms. The number of rotatable bonds is 7. The van der Waals surface area contributed by atoms with E-state index in [2.05, 4.69) is 48.0 Å². The smallest absolute Gasteiger partial charge is 0.147 e. The molecule has 96 valence electrons. The van der Waals surface area contributed by atoms with E-state index < -0.39 is 0 Å². The van der Waals surface area contributed by atoms with Crippen LogP contribution in [-0.4, -0.2) is 30.1 Å². The van der Waals surface area contributed by atoms with Gasteiger partial charge in [-0.3, -0.25) is 4.98 Å². The lowest BCUT2D eigenvalue weighted by Gasteiger charge is -2.19. The molecule has 0 aliphatic rings. The molecule has 17 heavy (non-hydrogen) atoms. The molecule has 0 aromatic carbocycles. The summed E-state index contributed by atoms with van der Waals surface area (Å²) in [5.74, 6) is 1.68. The zero-order chi connectivity index (χ0) is 12.7. The van der Waals surface area contributed by atoms with Crippen molar-refractivity contribution in [2.24, 2.45) is 5.92 Å². The molecule has 0 aliphatic heterocycles. The summed E-state index contributed by atoms with van der Waals surface area (Å²) >= 11 is 0. The summed E-state index contributed by atoms with van der Waals surface area (Å²) in [6, 6.07) is 0. The van der Waals surface area contributed by atoms with Gasteiger partial charge in [-0.1, -0.05) is 20.8 Å². The van der Waals surface area contributed by atoms with Crippen LogP contribution >= 0.6 is 0 Å². The maximum Gasteiger partial charge on any atom is 0.147 e. The number of hydrogen-bond donors (Lipinski definition) is 1. The van der Waals surface area contributed by atoms with Gasteiger partial charge in [0, 0.05) is 26.3 Å². The van der Waals surface area contributed by atoms with Crippen molar-refractivity contribution in [2.45, 2.75) is 33.7 Å². The molecular weight excluding hydrogens is 212 g/mol. The largest absolute Gasteiger partial charge is 0.358 e. The second kappa shape index (κ2) is 7.22. The van der Waals surface area contributed by atoms with Gasteiger partial charge in [-0.15, -0.1) is 0 Å². The zero-order valence-corrected chi connectivity index (χ0v) is 11.4. The summed E-state index contributed by atoms with van der Waals surface area (Å²) < 4.78 is 0. The minimum absolute atomic E-state index is 0.718. The van der Waals surface area contributed by atoms with Crippen molar-refractivity contribution >= 4 is 5.82 Å². The van der Waals surface area contributed by atoms with Crippen molar-refractivity contribution in [1.29, 1.82) is 0 Å². The Morgan fingerprint density at radius 1 is 1.35 bits per heavy atom. The number of nitrogens with one attached hydrogen (secondary N) is 1. The molecule has 1 aromatic rings. The van der Waals surface area contributed by atoms with Gasteiger partial charge in [0.1, 0.15) is 5.82 Å². The molecular formula is C13H24N4. The monoisotopic (exact) mass is 236 g/mol. The van der Waals surface area contributed by atoms with Crippen molar-refractivity contribution in [1.82, 2.24) is 15.3 Å². The van der Waals surface area contributed by atoms with Gasteiger partial charge in [0.2, 0.25) is 0 Å². The molecule has 1 heterocycles. The first-order valence-corrected chi connectivity index (χ1v) is 6.36. The van der Waals surface area contributed by atoms with Crippen LogP contribution in [0.5, 0.6) is 0 Å². The lowest BCUT2D eigenvalue weighted by atomic mass is 10.1. The number of nitrogens with zero attached hydrogens (tertiary/aromatic N) is 3. The molecule has 0 radical (unpaired) electrons. The Morgan fingerprint density at radius 3 is 2.76 bits per heavy atom. The van der Waals surface area contributed by atoms with E-state index in [1.54, 1.807) is 0 Å². The van der Waals surface area contributed by atoms with E-state index in [0.717, 1.165) is 37.1 Å². The van der Waals surface area contributed by atoms with Gasteiger partial charge < -0.3 is 10.2 Å². The van der Waals surface area contributed by atoms with E-state index in [1.165, 1.54) is 6.42 Å². The highest BCUT2D eigenvalue weighted by Crippen LogP contribution is 2.10. The average molecular weight is 236 g/mol. The standard InChI is InChI=1S/C13H24N4/c1-5-14-8-12-9-15-10-13(16-12)17(4)7-6-11(2)3/h9-11,14H,5-8H2,1-4H3. The normalized spacial score (nSPS) is 10.9. The van der Waals surface area contributed by atoms with Crippen LogP contribution in [-0.2, 0) is 6.54 Å². The summed E-state index contributed by atoms with van der Waals surface area (Å²) in [7, 11) is 2.07. The Morgan fingerprint density at radius 2 is 2.12 bits per heavy atom. The highest BCUT2D eigenvalue weighted by Gasteiger charge is 2.05. The fraction of sp³-hybridized carbons (Fsp3) is 0.692. The third kappa shape index (κ3) is 5.13. The number of aromatic nitrogens is 2. The third-order valence-corrected chi connectivity index (χ3v) is 2.66. The SMILES string of the molecule is CCNCc1cncc(N(C)CCC(C)C)n1. The summed E-state index contributed by atoms with van der Waals surface area (Å²) in [5, 5.41) is 3.26. The Labute approximate surface area is 104 Å². The van der Waals surface area contributed by atoms with Crippen LogP contribution in [0.4, 0.5) is 5.82 Å². The summed E-state index contributed by atoms with van der Waals surface area (Å²) in [6.07, 6.45) is 4.83. The van der Waals surface area contributed by atoms with E-state index in [-0.39, 0.29) is 0 Å². The molecule has 1 N–H and O–H groups in total. The zero-order valence-electron chi connectivity index (χ0n) is 11.4. The Balaban J connectivity index is 2.57. The molecule has 0 amide bonds. The summed E-state index contributed by atoms with van der Waals surface area (Å²) in [5.41, 5.74) is 1.00. The molecule has 0 saturated carbocycles. The van der Waals surface area contributed by atoms with Crippen molar-refractivity contribution < 1.29 is 0 Å². The van der Waals surface area contributed by atoms with Crippen LogP contribution in [0.25, 0.3) is 0 Å². The van der Waals surface area contributed by atoms with E-state index in [9.17, 15) is 0 Å². The van der Waals surface area contributed by atoms with Crippen LogP contribution in [0, 0.1) is 5.92 Å². The van der Waals surface area contributed by atoms with Crippen LogP contribution in [0.3, 0.4) is 0 Å². The maximum absolute atomic E-state index is 4.59. The second-order valence-electron chi connectivity index (χ2n) is 4.75. The van der Waals surface area contributed by atoms with Gasteiger partial charge in [0.25, 0.3) is 0 Å². The first-order chi connectivity index (χ1) is 8.13. The average Bonchev–Trinajstić information content (AvgIpc) is 2.33. The van der Waals surface area contributed by atoms with E-state index in [0.29, 0.717) is 0 Å². The van der Waals surface area contributed by atoms with Crippen LogP contribution in [0.2, 0.25) is 0 Å². The number of hydrogen-bond acceptors (Lipinski definition) is 4. The highest BCUT2D eigenvalue weighted by molar-refractivity contribution is 5.34. The van der Waals surface area contributed by atoms with Crippen LogP contribution < -0.4 is 10.2 Å². The molecule has 1 aromatic heterocycles. The molecule has 1 rings (SSSR count). The van der Waals surface area contributed by atoms with Gasteiger partial charge >= 0.3 is 0 Å². The predicted molar refractivity (Wildman–Crippen MR) is 72.1 cm³/mol. The summed E-state index contributed by atoms with van der Waals surface area (Å²) in [4.78, 5) is 11.0. The highest BCUT2D eigenvalue weighted by atomic mass is 15.2. The van der Waals surface area contributed by atoms with Gasteiger partial charge in [-0.05, 0) is 18.9 Å². The fourth-order valence-electron chi connectivity index (χ4n) is 1.48. The van der Waals surface area contributed by atoms with Crippen molar-refractivity contribution in [3.8, 4) is 0 Å².